The van der Waals surface area contributed by atoms with Crippen molar-refractivity contribution in [1.29, 1.82) is 0 Å². The van der Waals surface area contributed by atoms with E-state index in [1.165, 1.54) is 6.92 Å². The monoisotopic (exact) mass is 538 g/mol. The topological polar surface area (TPSA) is 82.1 Å². The summed E-state index contributed by atoms with van der Waals surface area (Å²) in [7, 11) is 0. The fraction of sp³-hybridized carbons (Fsp3) is 0.409. The largest absolute Gasteiger partial charge is 0.492 e. The van der Waals surface area contributed by atoms with Crippen LogP contribution in [0.25, 0.3) is 0 Å². The number of guanidine groups is 1. The van der Waals surface area contributed by atoms with Crippen molar-refractivity contribution in [2.24, 2.45) is 4.99 Å². The quantitative estimate of drug-likeness (QED) is 0.244. The van der Waals surface area contributed by atoms with Crippen molar-refractivity contribution in [2.75, 3.05) is 56.1 Å². The standard InChI is InChI=1S/C22H30N6O2.HI/c1-3-23-22(28-14-12-27(13-15-28)21-9-4-5-10-24-21)25-11-16-30-20-8-6-7-19(17-20)26-18(2)29;/h4-10,17H,3,11-16H2,1-2H3,(H,23,25)(H,26,29);1H. The minimum absolute atomic E-state index is 0. The molecule has 168 valence electrons. The van der Waals surface area contributed by atoms with Gasteiger partial charge in [0.2, 0.25) is 5.91 Å². The molecule has 2 N–H and O–H groups in total. The predicted molar refractivity (Wildman–Crippen MR) is 136 cm³/mol. The SMILES string of the molecule is CCNC(=NCCOc1cccc(NC(C)=O)c1)N1CCN(c2ccccn2)CC1.I. The number of nitrogens with zero attached hydrogens (tertiary/aromatic N) is 4. The van der Waals surface area contributed by atoms with Gasteiger partial charge in [-0.25, -0.2) is 9.98 Å². The highest BCUT2D eigenvalue weighted by Gasteiger charge is 2.20. The number of hydrogen-bond acceptors (Lipinski definition) is 5. The highest BCUT2D eigenvalue weighted by atomic mass is 127. The third kappa shape index (κ3) is 7.89. The predicted octanol–water partition coefficient (Wildman–Crippen LogP) is 2.82. The van der Waals surface area contributed by atoms with Crippen LogP contribution in [0.3, 0.4) is 0 Å². The maximum atomic E-state index is 11.2. The van der Waals surface area contributed by atoms with E-state index in [0.717, 1.165) is 50.2 Å². The molecule has 2 aromatic rings. The van der Waals surface area contributed by atoms with Crippen molar-refractivity contribution in [1.82, 2.24) is 15.2 Å². The Morgan fingerprint density at radius 1 is 1.16 bits per heavy atom. The summed E-state index contributed by atoms with van der Waals surface area (Å²) in [5.74, 6) is 2.54. The Bertz CT molecular complexity index is 841. The Morgan fingerprint density at radius 2 is 1.97 bits per heavy atom. The number of aliphatic imine (C=N–C) groups is 1. The molecule has 0 aliphatic carbocycles. The average molecular weight is 538 g/mol. The molecule has 1 saturated heterocycles. The second-order valence-corrected chi connectivity index (χ2v) is 6.96. The molecule has 1 aliphatic rings. The number of ether oxygens (including phenoxy) is 1. The Kier molecular flexibility index (Phi) is 10.3. The van der Waals surface area contributed by atoms with Gasteiger partial charge < -0.3 is 25.2 Å². The van der Waals surface area contributed by atoms with Crippen LogP contribution in [0.2, 0.25) is 0 Å². The van der Waals surface area contributed by atoms with Gasteiger partial charge in [0.15, 0.2) is 5.96 Å². The number of rotatable bonds is 7. The molecule has 1 aliphatic heterocycles. The van der Waals surface area contributed by atoms with Crippen molar-refractivity contribution in [3.63, 3.8) is 0 Å². The molecule has 1 aromatic carbocycles. The second kappa shape index (κ2) is 13.0. The van der Waals surface area contributed by atoms with Gasteiger partial charge in [-0.3, -0.25) is 4.79 Å². The Labute approximate surface area is 201 Å². The minimum Gasteiger partial charge on any atom is -0.492 e. The molecule has 1 amide bonds. The molecule has 0 spiro atoms. The van der Waals surface area contributed by atoms with Crippen molar-refractivity contribution in [2.45, 2.75) is 13.8 Å². The number of amides is 1. The van der Waals surface area contributed by atoms with Crippen LogP contribution in [0.1, 0.15) is 13.8 Å². The number of carbonyl (C=O) groups is 1. The molecule has 1 fully saturated rings. The summed E-state index contributed by atoms with van der Waals surface area (Å²) >= 11 is 0. The van der Waals surface area contributed by atoms with Crippen LogP contribution < -0.4 is 20.3 Å². The van der Waals surface area contributed by atoms with E-state index in [2.05, 4.69) is 32.3 Å². The smallest absolute Gasteiger partial charge is 0.221 e. The second-order valence-electron chi connectivity index (χ2n) is 6.96. The molecular weight excluding hydrogens is 507 g/mol. The molecule has 0 unspecified atom stereocenters. The number of anilines is 2. The summed E-state index contributed by atoms with van der Waals surface area (Å²) in [5.41, 5.74) is 0.725. The van der Waals surface area contributed by atoms with Crippen molar-refractivity contribution in [3.05, 3.63) is 48.7 Å². The van der Waals surface area contributed by atoms with Crippen molar-refractivity contribution < 1.29 is 9.53 Å². The maximum Gasteiger partial charge on any atom is 0.221 e. The number of carbonyl (C=O) groups excluding carboxylic acids is 1. The number of halogens is 1. The van der Waals surface area contributed by atoms with Crippen LogP contribution in [0, 0.1) is 0 Å². The maximum absolute atomic E-state index is 11.2. The van der Waals surface area contributed by atoms with E-state index in [-0.39, 0.29) is 29.9 Å². The lowest BCUT2D eigenvalue weighted by atomic mass is 10.3. The fourth-order valence-corrected chi connectivity index (χ4v) is 3.30. The van der Waals surface area contributed by atoms with E-state index in [9.17, 15) is 4.79 Å². The lowest BCUT2D eigenvalue weighted by Crippen LogP contribution is -2.52. The molecule has 31 heavy (non-hydrogen) atoms. The zero-order valence-electron chi connectivity index (χ0n) is 18.1. The highest BCUT2D eigenvalue weighted by molar-refractivity contribution is 14.0. The fourth-order valence-electron chi connectivity index (χ4n) is 3.30. The molecule has 0 atom stereocenters. The summed E-state index contributed by atoms with van der Waals surface area (Å²) in [6.45, 7) is 8.99. The van der Waals surface area contributed by atoms with Gasteiger partial charge >= 0.3 is 0 Å². The van der Waals surface area contributed by atoms with E-state index in [4.69, 9.17) is 9.73 Å². The lowest BCUT2D eigenvalue weighted by Gasteiger charge is -2.37. The van der Waals surface area contributed by atoms with Gasteiger partial charge in [0.1, 0.15) is 18.2 Å². The normalized spacial score (nSPS) is 13.9. The van der Waals surface area contributed by atoms with E-state index in [1.54, 1.807) is 0 Å². The number of hydrogen-bond donors (Lipinski definition) is 2. The van der Waals surface area contributed by atoms with Crippen LogP contribution in [0.5, 0.6) is 5.75 Å². The van der Waals surface area contributed by atoms with Gasteiger partial charge in [0, 0.05) is 57.6 Å². The summed E-state index contributed by atoms with van der Waals surface area (Å²) in [6, 6.07) is 13.4. The number of piperazine rings is 1. The number of benzene rings is 1. The van der Waals surface area contributed by atoms with Crippen LogP contribution in [-0.4, -0.2) is 67.6 Å². The first-order chi connectivity index (χ1) is 14.7. The van der Waals surface area contributed by atoms with Crippen LogP contribution >= 0.6 is 24.0 Å². The van der Waals surface area contributed by atoms with Crippen molar-refractivity contribution >= 4 is 47.3 Å². The van der Waals surface area contributed by atoms with E-state index in [0.29, 0.717) is 18.9 Å². The van der Waals surface area contributed by atoms with Gasteiger partial charge in [0.25, 0.3) is 0 Å². The minimum atomic E-state index is -0.102. The molecular formula is C22H31IN6O2. The van der Waals surface area contributed by atoms with Gasteiger partial charge in [0.05, 0.1) is 6.54 Å². The van der Waals surface area contributed by atoms with Crippen LogP contribution in [0.15, 0.2) is 53.7 Å². The molecule has 1 aromatic heterocycles. The van der Waals surface area contributed by atoms with Gasteiger partial charge in [-0.1, -0.05) is 12.1 Å². The Balaban J connectivity index is 0.00000341. The van der Waals surface area contributed by atoms with Gasteiger partial charge in [-0.05, 0) is 31.2 Å². The molecule has 2 heterocycles. The summed E-state index contributed by atoms with van der Waals surface area (Å²) in [6.07, 6.45) is 1.83. The first-order valence-corrected chi connectivity index (χ1v) is 10.4. The molecule has 0 radical (unpaired) electrons. The first-order valence-electron chi connectivity index (χ1n) is 10.4. The molecule has 0 saturated carbocycles. The third-order valence-electron chi connectivity index (χ3n) is 4.66. The van der Waals surface area contributed by atoms with Crippen molar-refractivity contribution in [3.8, 4) is 5.75 Å². The number of pyridine rings is 1. The Hall–Kier alpha value is -2.56. The lowest BCUT2D eigenvalue weighted by molar-refractivity contribution is -0.114. The van der Waals surface area contributed by atoms with E-state index in [1.807, 2.05) is 48.7 Å². The molecule has 0 bridgehead atoms. The molecule has 8 nitrogen and oxygen atoms in total. The summed E-state index contributed by atoms with van der Waals surface area (Å²) < 4.78 is 5.80. The van der Waals surface area contributed by atoms with Crippen LogP contribution in [-0.2, 0) is 4.79 Å². The summed E-state index contributed by atoms with van der Waals surface area (Å²) in [5, 5.41) is 6.13. The molecule has 3 rings (SSSR count). The number of aromatic nitrogens is 1. The molecule has 9 heteroatoms. The third-order valence-corrected chi connectivity index (χ3v) is 4.66. The zero-order chi connectivity index (χ0) is 21.2. The van der Waals surface area contributed by atoms with E-state index >= 15 is 0 Å². The average Bonchev–Trinajstić information content (AvgIpc) is 2.76. The summed E-state index contributed by atoms with van der Waals surface area (Å²) in [4.78, 5) is 24.9. The van der Waals surface area contributed by atoms with Crippen LogP contribution in [0.4, 0.5) is 11.5 Å². The Morgan fingerprint density at radius 3 is 2.65 bits per heavy atom. The number of nitrogens with one attached hydrogen (secondary N) is 2. The van der Waals surface area contributed by atoms with E-state index < -0.39 is 0 Å². The zero-order valence-corrected chi connectivity index (χ0v) is 20.4. The van der Waals surface area contributed by atoms with Gasteiger partial charge in [-0.15, -0.1) is 24.0 Å². The van der Waals surface area contributed by atoms with Gasteiger partial charge in [-0.2, -0.15) is 0 Å². The highest BCUT2D eigenvalue weighted by Crippen LogP contribution is 2.17. The first kappa shape index (κ1) is 24.7.